The molecular weight excluding hydrogens is 286 g/mol. The maximum Gasteiger partial charge on any atom is 0.263 e. The first kappa shape index (κ1) is 16.1. The fraction of sp³-hybridized carbons (Fsp3) is 0.235. The predicted octanol–water partition coefficient (Wildman–Crippen LogP) is 2.84. The van der Waals surface area contributed by atoms with E-state index in [9.17, 15) is 13.6 Å². The third kappa shape index (κ3) is 4.93. The zero-order chi connectivity index (χ0) is 15.8. The number of allylic oxidation sites excluding steroid dienone is 2. The lowest BCUT2D eigenvalue weighted by molar-refractivity contribution is -0.108. The van der Waals surface area contributed by atoms with Crippen LogP contribution in [0.1, 0.15) is 17.6 Å². The molecular formula is C17H18F2N2O. The summed E-state index contributed by atoms with van der Waals surface area (Å²) in [5, 5.41) is 6.21. The van der Waals surface area contributed by atoms with Gasteiger partial charge in [-0.25, -0.2) is 8.78 Å². The summed E-state index contributed by atoms with van der Waals surface area (Å²) in [4.78, 5) is 11.1. The highest BCUT2D eigenvalue weighted by molar-refractivity contribution is 5.65. The molecule has 5 heteroatoms. The van der Waals surface area contributed by atoms with E-state index in [1.165, 1.54) is 12.1 Å². The predicted molar refractivity (Wildman–Crippen MR) is 83.5 cm³/mol. The summed E-state index contributed by atoms with van der Waals surface area (Å²) < 4.78 is 24.9. The van der Waals surface area contributed by atoms with E-state index in [1.54, 1.807) is 24.3 Å². The van der Waals surface area contributed by atoms with E-state index in [2.05, 4.69) is 10.6 Å². The molecule has 0 saturated carbocycles. The third-order valence-corrected chi connectivity index (χ3v) is 3.27. The Morgan fingerprint density at radius 1 is 1.27 bits per heavy atom. The Bertz CT molecular complexity index is 577. The average molecular weight is 304 g/mol. The topological polar surface area (TPSA) is 41.1 Å². The zero-order valence-electron chi connectivity index (χ0n) is 12.0. The molecule has 1 aliphatic rings. The molecule has 0 aromatic heterocycles. The Balaban J connectivity index is 1.89. The lowest BCUT2D eigenvalue weighted by Gasteiger charge is -2.13. The lowest BCUT2D eigenvalue weighted by Crippen LogP contribution is -2.32. The maximum atomic E-state index is 12.5. The minimum atomic E-state index is -2.46. The number of carbonyl (C=O) groups excluding carboxylic acids is 1. The first-order valence-electron chi connectivity index (χ1n) is 7.02. The van der Waals surface area contributed by atoms with Gasteiger partial charge in [-0.2, -0.15) is 0 Å². The summed E-state index contributed by atoms with van der Waals surface area (Å²) in [6.45, 7) is 1.36. The van der Waals surface area contributed by atoms with Crippen molar-refractivity contribution in [1.82, 2.24) is 10.6 Å². The summed E-state index contributed by atoms with van der Waals surface area (Å²) in [5.41, 5.74) is 1.93. The van der Waals surface area contributed by atoms with Gasteiger partial charge in [-0.05, 0) is 23.4 Å². The Morgan fingerprint density at radius 2 is 2.05 bits per heavy atom. The molecule has 1 atom stereocenters. The molecule has 0 fully saturated rings. The summed E-state index contributed by atoms with van der Waals surface area (Å²) in [6, 6.07) is 5.58. The van der Waals surface area contributed by atoms with Gasteiger partial charge in [0.05, 0.1) is 6.04 Å². The average Bonchev–Trinajstić information content (AvgIpc) is 2.56. The third-order valence-electron chi connectivity index (χ3n) is 3.27. The van der Waals surface area contributed by atoms with E-state index in [-0.39, 0.29) is 5.56 Å². The highest BCUT2D eigenvalue weighted by Crippen LogP contribution is 2.19. The largest absolute Gasteiger partial charge is 0.387 e. The number of nitrogens with one attached hydrogen (secondary N) is 2. The SMILES string of the molecule is O=CC(/C=C/c1ccc(C(F)F)cc1)NCC1=CC=CNC1. The second kappa shape index (κ2) is 8.24. The molecule has 116 valence electrons. The van der Waals surface area contributed by atoms with Gasteiger partial charge in [0.2, 0.25) is 0 Å². The Labute approximate surface area is 128 Å². The van der Waals surface area contributed by atoms with E-state index in [0.29, 0.717) is 6.54 Å². The smallest absolute Gasteiger partial charge is 0.263 e. The summed E-state index contributed by atoms with van der Waals surface area (Å²) in [6.07, 6.45) is 7.59. The number of halogens is 2. The van der Waals surface area contributed by atoms with Gasteiger partial charge in [0.15, 0.2) is 0 Å². The fourth-order valence-electron chi connectivity index (χ4n) is 2.00. The van der Waals surface area contributed by atoms with Crippen LogP contribution in [0.15, 0.2) is 54.3 Å². The van der Waals surface area contributed by atoms with Crippen molar-refractivity contribution in [3.8, 4) is 0 Å². The van der Waals surface area contributed by atoms with Crippen LogP contribution < -0.4 is 10.6 Å². The van der Waals surface area contributed by atoms with E-state index in [1.807, 2.05) is 18.4 Å². The van der Waals surface area contributed by atoms with Crippen LogP contribution in [0.2, 0.25) is 0 Å². The van der Waals surface area contributed by atoms with Gasteiger partial charge >= 0.3 is 0 Å². The van der Waals surface area contributed by atoms with Gasteiger partial charge in [-0.1, -0.05) is 42.5 Å². The lowest BCUT2D eigenvalue weighted by atomic mass is 10.1. The van der Waals surface area contributed by atoms with Gasteiger partial charge in [-0.15, -0.1) is 0 Å². The normalized spacial score (nSPS) is 15.7. The van der Waals surface area contributed by atoms with Crippen LogP contribution in [-0.4, -0.2) is 25.4 Å². The molecule has 1 unspecified atom stereocenters. The Morgan fingerprint density at radius 3 is 2.64 bits per heavy atom. The number of hydrogen-bond acceptors (Lipinski definition) is 3. The molecule has 3 nitrogen and oxygen atoms in total. The Kier molecular flexibility index (Phi) is 6.03. The second-order valence-corrected chi connectivity index (χ2v) is 4.93. The highest BCUT2D eigenvalue weighted by atomic mass is 19.3. The molecule has 0 saturated heterocycles. The first-order valence-corrected chi connectivity index (χ1v) is 7.02. The quantitative estimate of drug-likeness (QED) is 0.761. The summed E-state index contributed by atoms with van der Waals surface area (Å²) in [5.74, 6) is 0. The number of alkyl halides is 2. The summed E-state index contributed by atoms with van der Waals surface area (Å²) >= 11 is 0. The van der Waals surface area contributed by atoms with Crippen LogP contribution in [0.4, 0.5) is 8.78 Å². The van der Waals surface area contributed by atoms with Crippen molar-refractivity contribution < 1.29 is 13.6 Å². The van der Waals surface area contributed by atoms with E-state index < -0.39 is 12.5 Å². The maximum absolute atomic E-state index is 12.5. The fourth-order valence-corrected chi connectivity index (χ4v) is 2.00. The van der Waals surface area contributed by atoms with Crippen molar-refractivity contribution in [2.75, 3.05) is 13.1 Å². The van der Waals surface area contributed by atoms with Crippen LogP contribution in [0.3, 0.4) is 0 Å². The number of benzene rings is 1. The van der Waals surface area contributed by atoms with E-state index in [4.69, 9.17) is 0 Å². The molecule has 1 heterocycles. The van der Waals surface area contributed by atoms with Crippen molar-refractivity contribution in [2.45, 2.75) is 12.5 Å². The van der Waals surface area contributed by atoms with Gasteiger partial charge in [0.25, 0.3) is 6.43 Å². The molecule has 0 aliphatic carbocycles. The van der Waals surface area contributed by atoms with Gasteiger partial charge in [0, 0.05) is 18.7 Å². The molecule has 0 amide bonds. The van der Waals surface area contributed by atoms with Gasteiger partial charge in [0.1, 0.15) is 6.29 Å². The van der Waals surface area contributed by atoms with Crippen LogP contribution >= 0.6 is 0 Å². The standard InChI is InChI=1S/C17H18F2N2O/c18-17(19)15-6-3-13(4-7-15)5-8-16(12-22)21-11-14-2-1-9-20-10-14/h1-9,12,16-17,20-21H,10-11H2/b8-5+. The molecule has 0 radical (unpaired) electrons. The van der Waals surface area contributed by atoms with Crippen molar-refractivity contribution in [2.24, 2.45) is 0 Å². The minimum absolute atomic E-state index is 0.00740. The molecule has 0 spiro atoms. The number of dihydropyridines is 1. The van der Waals surface area contributed by atoms with Crippen molar-refractivity contribution in [3.63, 3.8) is 0 Å². The summed E-state index contributed by atoms with van der Waals surface area (Å²) in [7, 11) is 0. The molecule has 2 N–H and O–H groups in total. The van der Waals surface area contributed by atoms with Crippen molar-refractivity contribution >= 4 is 12.4 Å². The van der Waals surface area contributed by atoms with Crippen molar-refractivity contribution in [3.05, 3.63) is 65.4 Å². The highest BCUT2D eigenvalue weighted by Gasteiger charge is 2.06. The second-order valence-electron chi connectivity index (χ2n) is 4.93. The molecule has 2 rings (SSSR count). The zero-order valence-corrected chi connectivity index (χ0v) is 12.0. The van der Waals surface area contributed by atoms with Crippen LogP contribution in [0.5, 0.6) is 0 Å². The molecule has 1 aromatic rings. The molecule has 1 aliphatic heterocycles. The molecule has 0 bridgehead atoms. The monoisotopic (exact) mass is 304 g/mol. The van der Waals surface area contributed by atoms with Crippen LogP contribution in [-0.2, 0) is 4.79 Å². The minimum Gasteiger partial charge on any atom is -0.387 e. The van der Waals surface area contributed by atoms with E-state index in [0.717, 1.165) is 24.0 Å². The number of aldehydes is 1. The van der Waals surface area contributed by atoms with Gasteiger partial charge < -0.3 is 15.4 Å². The molecule has 22 heavy (non-hydrogen) atoms. The van der Waals surface area contributed by atoms with Crippen molar-refractivity contribution in [1.29, 1.82) is 0 Å². The van der Waals surface area contributed by atoms with Crippen LogP contribution in [0, 0.1) is 0 Å². The first-order chi connectivity index (χ1) is 10.7. The van der Waals surface area contributed by atoms with Crippen LogP contribution in [0.25, 0.3) is 6.08 Å². The number of hydrogen-bond donors (Lipinski definition) is 2. The van der Waals surface area contributed by atoms with Gasteiger partial charge in [-0.3, -0.25) is 0 Å². The Hall–Kier alpha value is -2.27. The number of carbonyl (C=O) groups is 1. The molecule has 1 aromatic carbocycles. The number of rotatable bonds is 7. The van der Waals surface area contributed by atoms with E-state index >= 15 is 0 Å².